The molecule has 1 atom stereocenters. The van der Waals surface area contributed by atoms with E-state index in [4.69, 9.17) is 10.7 Å². The summed E-state index contributed by atoms with van der Waals surface area (Å²) in [6.45, 7) is 1.74. The van der Waals surface area contributed by atoms with Gasteiger partial charge in [-0.2, -0.15) is 0 Å². The molecule has 78 valence electrons. The van der Waals surface area contributed by atoms with Crippen LogP contribution in [0.2, 0.25) is 0 Å². The lowest BCUT2D eigenvalue weighted by atomic mass is 10.0. The SMILES string of the molecule is CC(CS(=O)(=O)Cl)c1cccc(O)c1. The van der Waals surface area contributed by atoms with Gasteiger partial charge in [0.25, 0.3) is 0 Å². The maximum Gasteiger partial charge on any atom is 0.233 e. The molecule has 0 aliphatic rings. The van der Waals surface area contributed by atoms with Crippen molar-refractivity contribution in [1.29, 1.82) is 0 Å². The van der Waals surface area contributed by atoms with Gasteiger partial charge in [0.05, 0.1) is 5.75 Å². The summed E-state index contributed by atoms with van der Waals surface area (Å²) in [6.07, 6.45) is 0. The quantitative estimate of drug-likeness (QED) is 0.815. The Morgan fingerprint density at radius 3 is 2.64 bits per heavy atom. The minimum absolute atomic E-state index is 0.126. The summed E-state index contributed by atoms with van der Waals surface area (Å²) >= 11 is 0. The fourth-order valence-electron chi connectivity index (χ4n) is 1.23. The van der Waals surface area contributed by atoms with Crippen LogP contribution in [0.5, 0.6) is 5.75 Å². The third-order valence-electron chi connectivity index (χ3n) is 1.89. The smallest absolute Gasteiger partial charge is 0.233 e. The van der Waals surface area contributed by atoms with E-state index in [0.717, 1.165) is 5.56 Å². The summed E-state index contributed by atoms with van der Waals surface area (Å²) < 4.78 is 21.6. The lowest BCUT2D eigenvalue weighted by Gasteiger charge is -2.09. The molecule has 1 aromatic rings. The molecular weight excluding hydrogens is 224 g/mol. The first-order chi connectivity index (χ1) is 6.38. The fraction of sp³-hybridized carbons (Fsp3) is 0.333. The van der Waals surface area contributed by atoms with E-state index in [1.807, 2.05) is 0 Å². The molecule has 0 radical (unpaired) electrons. The molecule has 0 fully saturated rings. The Labute approximate surface area is 87.8 Å². The summed E-state index contributed by atoms with van der Waals surface area (Å²) in [5.41, 5.74) is 0.759. The topological polar surface area (TPSA) is 54.4 Å². The summed E-state index contributed by atoms with van der Waals surface area (Å²) in [5.74, 6) is -0.219. The lowest BCUT2D eigenvalue weighted by Crippen LogP contribution is -2.06. The van der Waals surface area contributed by atoms with Gasteiger partial charge in [0.1, 0.15) is 5.75 Å². The second kappa shape index (κ2) is 4.19. The van der Waals surface area contributed by atoms with Gasteiger partial charge in [0.2, 0.25) is 9.05 Å². The summed E-state index contributed by atoms with van der Waals surface area (Å²) in [4.78, 5) is 0. The van der Waals surface area contributed by atoms with Gasteiger partial charge >= 0.3 is 0 Å². The standard InChI is InChI=1S/C9H11ClO3S/c1-7(6-14(10,12)13)8-3-2-4-9(11)5-8/h2-5,7,11H,6H2,1H3. The molecule has 0 spiro atoms. The van der Waals surface area contributed by atoms with Crippen molar-refractivity contribution in [3.05, 3.63) is 29.8 Å². The minimum atomic E-state index is -3.49. The fourth-order valence-corrected chi connectivity index (χ4v) is 2.58. The number of aromatic hydroxyl groups is 1. The number of halogens is 1. The molecule has 5 heteroatoms. The molecule has 1 N–H and O–H groups in total. The van der Waals surface area contributed by atoms with E-state index in [1.165, 1.54) is 12.1 Å². The first-order valence-corrected chi connectivity index (χ1v) is 6.57. The van der Waals surface area contributed by atoms with E-state index in [2.05, 4.69) is 0 Å². The number of rotatable bonds is 3. The molecule has 0 saturated carbocycles. The first kappa shape index (κ1) is 11.3. The van der Waals surface area contributed by atoms with E-state index >= 15 is 0 Å². The van der Waals surface area contributed by atoms with Crippen LogP contribution in [0, 0.1) is 0 Å². The van der Waals surface area contributed by atoms with E-state index < -0.39 is 9.05 Å². The zero-order valence-electron chi connectivity index (χ0n) is 7.64. The number of phenols is 1. The molecule has 0 heterocycles. The van der Waals surface area contributed by atoms with Crippen molar-refractivity contribution in [2.75, 3.05) is 5.75 Å². The molecular formula is C9H11ClO3S. The second-order valence-corrected chi connectivity index (χ2v) is 6.02. The molecule has 0 aliphatic carbocycles. The zero-order valence-corrected chi connectivity index (χ0v) is 9.22. The van der Waals surface area contributed by atoms with Crippen molar-refractivity contribution in [2.24, 2.45) is 0 Å². The van der Waals surface area contributed by atoms with Crippen LogP contribution in [0.15, 0.2) is 24.3 Å². The van der Waals surface area contributed by atoms with Crippen LogP contribution in [0.25, 0.3) is 0 Å². The van der Waals surface area contributed by atoms with Gasteiger partial charge in [-0.15, -0.1) is 0 Å². The predicted molar refractivity (Wildman–Crippen MR) is 56.2 cm³/mol. The van der Waals surface area contributed by atoms with E-state index in [0.29, 0.717) is 0 Å². The Hall–Kier alpha value is -0.740. The van der Waals surface area contributed by atoms with Gasteiger partial charge < -0.3 is 5.11 Å². The number of hydrogen-bond donors (Lipinski definition) is 1. The van der Waals surface area contributed by atoms with Crippen LogP contribution >= 0.6 is 10.7 Å². The Morgan fingerprint density at radius 2 is 2.14 bits per heavy atom. The van der Waals surface area contributed by atoms with Gasteiger partial charge in [0.15, 0.2) is 0 Å². The van der Waals surface area contributed by atoms with Crippen molar-refractivity contribution in [2.45, 2.75) is 12.8 Å². The molecule has 14 heavy (non-hydrogen) atoms. The van der Waals surface area contributed by atoms with Gasteiger partial charge in [-0.3, -0.25) is 0 Å². The lowest BCUT2D eigenvalue weighted by molar-refractivity contribution is 0.474. The Kier molecular flexibility index (Phi) is 3.39. The summed E-state index contributed by atoms with van der Waals surface area (Å²) in [7, 11) is 1.63. The average molecular weight is 235 g/mol. The molecule has 0 bridgehead atoms. The van der Waals surface area contributed by atoms with Crippen LogP contribution < -0.4 is 0 Å². The monoisotopic (exact) mass is 234 g/mol. The Morgan fingerprint density at radius 1 is 1.50 bits per heavy atom. The summed E-state index contributed by atoms with van der Waals surface area (Å²) in [6, 6.07) is 6.49. The van der Waals surface area contributed by atoms with Crippen LogP contribution in [-0.2, 0) is 9.05 Å². The molecule has 0 saturated heterocycles. The average Bonchev–Trinajstić information content (AvgIpc) is 2.01. The number of benzene rings is 1. The molecule has 0 aromatic heterocycles. The molecule has 1 unspecified atom stereocenters. The molecule has 3 nitrogen and oxygen atoms in total. The van der Waals surface area contributed by atoms with Gasteiger partial charge in [-0.1, -0.05) is 19.1 Å². The van der Waals surface area contributed by atoms with Gasteiger partial charge in [0, 0.05) is 10.7 Å². The van der Waals surface area contributed by atoms with Crippen molar-refractivity contribution in [3.63, 3.8) is 0 Å². The highest BCUT2D eigenvalue weighted by atomic mass is 35.7. The molecule has 1 aromatic carbocycles. The Bertz CT molecular complexity index is 414. The Balaban J connectivity index is 2.85. The molecule has 0 aliphatic heterocycles. The maximum atomic E-state index is 10.8. The van der Waals surface area contributed by atoms with Crippen molar-refractivity contribution in [3.8, 4) is 5.75 Å². The zero-order chi connectivity index (χ0) is 10.8. The van der Waals surface area contributed by atoms with E-state index in [-0.39, 0.29) is 17.4 Å². The minimum Gasteiger partial charge on any atom is -0.508 e. The van der Waals surface area contributed by atoms with Gasteiger partial charge in [-0.05, 0) is 23.6 Å². The predicted octanol–water partition coefficient (Wildman–Crippen LogP) is 2.06. The second-order valence-electron chi connectivity index (χ2n) is 3.20. The van der Waals surface area contributed by atoms with Crippen molar-refractivity contribution in [1.82, 2.24) is 0 Å². The number of phenolic OH excluding ortho intramolecular Hbond substituents is 1. The van der Waals surface area contributed by atoms with Crippen molar-refractivity contribution >= 4 is 19.7 Å². The van der Waals surface area contributed by atoms with E-state index in [9.17, 15) is 13.5 Å². The first-order valence-electron chi connectivity index (χ1n) is 4.10. The highest BCUT2D eigenvalue weighted by molar-refractivity contribution is 8.13. The largest absolute Gasteiger partial charge is 0.508 e. The van der Waals surface area contributed by atoms with Crippen molar-refractivity contribution < 1.29 is 13.5 Å². The molecule has 1 rings (SSSR count). The normalized spacial score (nSPS) is 13.9. The number of hydrogen-bond acceptors (Lipinski definition) is 3. The van der Waals surface area contributed by atoms with Crippen LogP contribution in [0.3, 0.4) is 0 Å². The highest BCUT2D eigenvalue weighted by Gasteiger charge is 2.14. The highest BCUT2D eigenvalue weighted by Crippen LogP contribution is 2.22. The van der Waals surface area contributed by atoms with Crippen LogP contribution in [-0.4, -0.2) is 19.3 Å². The van der Waals surface area contributed by atoms with E-state index in [1.54, 1.807) is 19.1 Å². The van der Waals surface area contributed by atoms with Crippen LogP contribution in [0.4, 0.5) is 0 Å². The maximum absolute atomic E-state index is 10.8. The third kappa shape index (κ3) is 3.55. The van der Waals surface area contributed by atoms with Gasteiger partial charge in [-0.25, -0.2) is 8.42 Å². The molecule has 0 amide bonds. The third-order valence-corrected chi connectivity index (χ3v) is 3.16. The summed E-state index contributed by atoms with van der Waals surface area (Å²) in [5, 5.41) is 9.18. The van der Waals surface area contributed by atoms with Crippen LogP contribution in [0.1, 0.15) is 18.4 Å².